The molecule has 0 spiro atoms. The monoisotopic (exact) mass is 469 g/mol. The summed E-state index contributed by atoms with van der Waals surface area (Å²) in [6, 6.07) is 0.106. The predicted octanol–water partition coefficient (Wildman–Crippen LogP) is 6.57. The molecule has 0 unspecified atom stereocenters. The third-order valence-electron chi connectivity index (χ3n) is 1.32. The highest BCUT2D eigenvalue weighted by Gasteiger charge is 1.96. The second-order valence-electron chi connectivity index (χ2n) is 11.7. The molecule has 3 aromatic heterocycles. The second-order valence-corrected chi connectivity index (χ2v) is 11.7. The summed E-state index contributed by atoms with van der Waals surface area (Å²) in [5, 5.41) is 13.5. The minimum atomic E-state index is 0.106. The van der Waals surface area contributed by atoms with E-state index in [-0.39, 0.29) is 6.01 Å². The molecule has 10 heteroatoms. The van der Waals surface area contributed by atoms with Crippen molar-refractivity contribution in [2.24, 2.45) is 16.2 Å². The number of hydrogen-bond acceptors (Lipinski definition) is 10. The molecule has 3 heterocycles. The van der Waals surface area contributed by atoms with Crippen molar-refractivity contribution < 1.29 is 13.5 Å². The molecule has 0 aliphatic heterocycles. The Hall–Kier alpha value is -2.78. The van der Waals surface area contributed by atoms with Gasteiger partial charge in [0.2, 0.25) is 18.2 Å². The Morgan fingerprint density at radius 2 is 1.03 bits per heavy atom. The zero-order valence-electron chi connectivity index (χ0n) is 23.2. The van der Waals surface area contributed by atoms with Crippen LogP contribution in [-0.2, 0) is 0 Å². The van der Waals surface area contributed by atoms with Gasteiger partial charge in [0, 0.05) is 13.8 Å². The fourth-order valence-corrected chi connectivity index (χ4v) is 0.638. The van der Waals surface area contributed by atoms with Gasteiger partial charge < -0.3 is 19.2 Å². The molecule has 0 radical (unpaired) electrons. The molecule has 0 aromatic carbocycles. The average molecular weight is 470 g/mol. The number of nitrogen functional groups attached to an aromatic ring is 1. The smallest absolute Gasteiger partial charge is 0.318 e. The van der Waals surface area contributed by atoms with Crippen LogP contribution in [0.2, 0.25) is 0 Å². The van der Waals surface area contributed by atoms with E-state index in [1.807, 2.05) is 0 Å². The molecular weight excluding hydrogens is 422 g/mol. The van der Waals surface area contributed by atoms with Crippen molar-refractivity contribution in [3.05, 3.63) is 30.8 Å². The summed E-state index contributed by atoms with van der Waals surface area (Å²) in [5.41, 5.74) is 6.44. The van der Waals surface area contributed by atoms with Crippen molar-refractivity contribution in [3.8, 4) is 0 Å². The van der Waals surface area contributed by atoms with Gasteiger partial charge >= 0.3 is 6.01 Å². The lowest BCUT2D eigenvalue weighted by Crippen LogP contribution is -1.93. The number of hydrogen-bond donors (Lipinski definition) is 1. The molecule has 0 aliphatic carbocycles. The number of anilines is 1. The first-order valence-corrected chi connectivity index (χ1v) is 10.7. The molecule has 0 bridgehead atoms. The van der Waals surface area contributed by atoms with Gasteiger partial charge in [-0.05, 0) is 16.2 Å². The Kier molecular flexibility index (Phi) is 18.7. The predicted molar refractivity (Wildman–Crippen MR) is 132 cm³/mol. The van der Waals surface area contributed by atoms with Gasteiger partial charge in [-0.25, -0.2) is 0 Å². The van der Waals surface area contributed by atoms with Crippen molar-refractivity contribution >= 4 is 6.01 Å². The van der Waals surface area contributed by atoms with E-state index in [1.54, 1.807) is 13.8 Å². The summed E-state index contributed by atoms with van der Waals surface area (Å²) in [4.78, 5) is 7.06. The molecule has 3 aromatic rings. The molecule has 3 rings (SSSR count). The van der Waals surface area contributed by atoms with Crippen LogP contribution in [0.15, 0.2) is 32.5 Å². The minimum absolute atomic E-state index is 0.106. The minimum Gasteiger partial charge on any atom is -0.428 e. The largest absolute Gasteiger partial charge is 0.428 e. The highest BCUT2D eigenvalue weighted by molar-refractivity contribution is 5.01. The molecule has 0 atom stereocenters. The summed E-state index contributed by atoms with van der Waals surface area (Å²) in [7, 11) is 0. The van der Waals surface area contributed by atoms with E-state index in [2.05, 4.69) is 127 Å². The molecular formula is C23H47N7O3. The maximum atomic E-state index is 4.94. The Morgan fingerprint density at radius 1 is 0.636 bits per heavy atom. The van der Waals surface area contributed by atoms with Crippen LogP contribution < -0.4 is 5.73 Å². The average Bonchev–Trinajstić information content (AvgIpc) is 3.29. The highest BCUT2D eigenvalue weighted by atomic mass is 16.5. The van der Waals surface area contributed by atoms with Gasteiger partial charge in [0.05, 0.1) is 0 Å². The summed E-state index contributed by atoms with van der Waals surface area (Å²) in [6.45, 7) is 29.7. The fraction of sp³-hybridized carbons (Fsp3) is 0.739. The quantitative estimate of drug-likeness (QED) is 0.384. The molecule has 0 aliphatic rings. The summed E-state index contributed by atoms with van der Waals surface area (Å²) in [6.07, 6.45) is 3.92. The van der Waals surface area contributed by atoms with Crippen LogP contribution in [0.1, 0.15) is 94.9 Å². The van der Waals surface area contributed by atoms with Crippen molar-refractivity contribution in [3.63, 3.8) is 0 Å². The van der Waals surface area contributed by atoms with Crippen molar-refractivity contribution in [1.82, 2.24) is 30.5 Å². The normalized spacial score (nSPS) is 10.2. The van der Waals surface area contributed by atoms with Gasteiger partial charge in [-0.1, -0.05) is 93.4 Å². The zero-order valence-corrected chi connectivity index (χ0v) is 23.2. The van der Waals surface area contributed by atoms with E-state index in [1.165, 1.54) is 19.0 Å². The van der Waals surface area contributed by atoms with Gasteiger partial charge in [-0.2, -0.15) is 9.97 Å². The number of aromatic nitrogens is 6. The van der Waals surface area contributed by atoms with E-state index in [4.69, 9.17) is 5.73 Å². The zero-order chi connectivity index (χ0) is 26.7. The van der Waals surface area contributed by atoms with Crippen LogP contribution in [0, 0.1) is 30.1 Å². The topological polar surface area (TPSA) is 143 Å². The number of aryl methyl sites for hydroxylation is 2. The molecule has 0 amide bonds. The summed E-state index contributed by atoms with van der Waals surface area (Å²) < 4.78 is 13.3. The SMILES string of the molecule is CC(C)(C)C.CC(C)(C)C.CC(C)(C)C.Cc1ncno1.Cc1nnco1.Nc1ncno1. The standard InChI is InChI=1S/3C5H12.2C3H4N2O.C2H3N3O/c3*1-5(2,3)4;1-3-5-4-2-6-3;1-3-4-2-5-6-3;3-2-4-1-5-6-2/h3*1-4H3;2*2H,1H3;1H,(H2,3,4,5). The summed E-state index contributed by atoms with van der Waals surface area (Å²) >= 11 is 0. The van der Waals surface area contributed by atoms with Crippen LogP contribution in [0.3, 0.4) is 0 Å². The van der Waals surface area contributed by atoms with E-state index in [0.29, 0.717) is 28.0 Å². The van der Waals surface area contributed by atoms with Crippen molar-refractivity contribution in [1.29, 1.82) is 0 Å². The molecule has 192 valence electrons. The second kappa shape index (κ2) is 17.7. The van der Waals surface area contributed by atoms with Crippen LogP contribution >= 0.6 is 0 Å². The van der Waals surface area contributed by atoms with Crippen molar-refractivity contribution in [2.45, 2.75) is 96.9 Å². The number of rotatable bonds is 0. The fourth-order valence-electron chi connectivity index (χ4n) is 0.638. The maximum Gasteiger partial charge on any atom is 0.318 e. The van der Waals surface area contributed by atoms with Crippen molar-refractivity contribution in [2.75, 3.05) is 5.73 Å². The van der Waals surface area contributed by atoms with Gasteiger partial charge in [-0.15, -0.1) is 10.2 Å². The maximum absolute atomic E-state index is 4.94. The molecule has 0 saturated carbocycles. The molecule has 2 N–H and O–H groups in total. The molecule has 10 nitrogen and oxygen atoms in total. The third-order valence-corrected chi connectivity index (χ3v) is 1.32. The van der Waals surface area contributed by atoms with Crippen LogP contribution in [0.4, 0.5) is 6.01 Å². The molecule has 33 heavy (non-hydrogen) atoms. The lowest BCUT2D eigenvalue weighted by Gasteiger charge is -2.05. The first kappa shape index (κ1) is 34.8. The van der Waals surface area contributed by atoms with Gasteiger partial charge in [0.1, 0.15) is 0 Å². The summed E-state index contributed by atoms with van der Waals surface area (Å²) in [5.74, 6) is 1.21. The lowest BCUT2D eigenvalue weighted by molar-refractivity contribution is 0.392. The van der Waals surface area contributed by atoms with Crippen LogP contribution in [0.25, 0.3) is 0 Å². The van der Waals surface area contributed by atoms with E-state index >= 15 is 0 Å². The third kappa shape index (κ3) is 65.2. The number of nitrogens with zero attached hydrogens (tertiary/aromatic N) is 6. The van der Waals surface area contributed by atoms with Crippen LogP contribution in [0.5, 0.6) is 0 Å². The Morgan fingerprint density at radius 3 is 1.12 bits per heavy atom. The first-order chi connectivity index (χ1) is 14.7. The molecule has 0 fully saturated rings. The van der Waals surface area contributed by atoms with Gasteiger partial charge in [0.25, 0.3) is 0 Å². The van der Waals surface area contributed by atoms with Gasteiger partial charge in [-0.3, -0.25) is 0 Å². The lowest BCUT2D eigenvalue weighted by atomic mass is 10.0. The Labute approximate surface area is 200 Å². The van der Waals surface area contributed by atoms with E-state index in [0.717, 1.165) is 0 Å². The van der Waals surface area contributed by atoms with E-state index < -0.39 is 0 Å². The highest BCUT2D eigenvalue weighted by Crippen LogP contribution is 2.08. The Bertz CT molecular complexity index is 612. The van der Waals surface area contributed by atoms with E-state index in [9.17, 15) is 0 Å². The van der Waals surface area contributed by atoms with Crippen LogP contribution in [-0.4, -0.2) is 30.5 Å². The Balaban J connectivity index is -0.000000329. The molecule has 0 saturated heterocycles. The van der Waals surface area contributed by atoms with Gasteiger partial charge in [0.15, 0.2) is 12.7 Å². The first-order valence-electron chi connectivity index (χ1n) is 10.7. The number of nitrogens with two attached hydrogens (primary N) is 1.